The molecule has 1 aliphatic rings. The van der Waals surface area contributed by atoms with Gasteiger partial charge in [-0.3, -0.25) is 9.88 Å². The molecule has 90 valence electrons. The molecule has 0 saturated carbocycles. The molecule has 1 aromatic heterocycles. The highest BCUT2D eigenvalue weighted by molar-refractivity contribution is 5.78. The highest BCUT2D eigenvalue weighted by Crippen LogP contribution is 2.21. The van der Waals surface area contributed by atoms with E-state index >= 15 is 0 Å². The van der Waals surface area contributed by atoms with Gasteiger partial charge in [0.1, 0.15) is 0 Å². The quantitative estimate of drug-likeness (QED) is 0.787. The number of fused-ring (bicyclic) bond motifs is 1. The summed E-state index contributed by atoms with van der Waals surface area (Å²) in [5.74, 6) is 0. The van der Waals surface area contributed by atoms with Crippen LogP contribution in [0.2, 0.25) is 0 Å². The standard InChI is InChI=1S/C13H17N3O/c1-9-5-4-6-10-12(9)15-13(17)16(10)11-7-2-3-8-14-11/h4-6,11,14H,2-3,7-8H2,1H3,(H,15,17). The Morgan fingerprint density at radius 3 is 3.00 bits per heavy atom. The molecule has 2 N–H and O–H groups in total. The van der Waals surface area contributed by atoms with Gasteiger partial charge in [0, 0.05) is 0 Å². The monoisotopic (exact) mass is 231 g/mol. The van der Waals surface area contributed by atoms with Crippen LogP contribution in [0.3, 0.4) is 0 Å². The van der Waals surface area contributed by atoms with Gasteiger partial charge in [0.2, 0.25) is 0 Å². The minimum Gasteiger partial charge on any atom is -0.305 e. The molecule has 0 amide bonds. The largest absolute Gasteiger partial charge is 0.327 e. The van der Waals surface area contributed by atoms with Crippen LogP contribution < -0.4 is 11.0 Å². The number of aryl methyl sites for hydroxylation is 1. The van der Waals surface area contributed by atoms with E-state index in [1.54, 1.807) is 0 Å². The molecule has 4 nitrogen and oxygen atoms in total. The van der Waals surface area contributed by atoms with Crippen LogP contribution in [0.1, 0.15) is 31.0 Å². The summed E-state index contributed by atoms with van der Waals surface area (Å²) in [5.41, 5.74) is 3.09. The number of H-pyrrole nitrogens is 1. The zero-order valence-electron chi connectivity index (χ0n) is 9.99. The number of piperidine rings is 1. The molecule has 1 atom stereocenters. The fraction of sp³-hybridized carbons (Fsp3) is 0.462. The Morgan fingerprint density at radius 2 is 2.24 bits per heavy atom. The fourth-order valence-electron chi connectivity index (χ4n) is 2.66. The average molecular weight is 231 g/mol. The van der Waals surface area contributed by atoms with E-state index in [-0.39, 0.29) is 11.9 Å². The van der Waals surface area contributed by atoms with Crippen molar-refractivity contribution in [2.24, 2.45) is 0 Å². The fourth-order valence-corrected chi connectivity index (χ4v) is 2.66. The summed E-state index contributed by atoms with van der Waals surface area (Å²) in [6, 6.07) is 6.04. The second-order valence-electron chi connectivity index (χ2n) is 4.73. The molecule has 0 radical (unpaired) electrons. The number of nitrogens with zero attached hydrogens (tertiary/aromatic N) is 1. The molecule has 2 aromatic rings. The van der Waals surface area contributed by atoms with Crippen LogP contribution in [0, 0.1) is 6.92 Å². The van der Waals surface area contributed by atoms with Gasteiger partial charge in [-0.2, -0.15) is 0 Å². The van der Waals surface area contributed by atoms with Crippen LogP contribution in [0.4, 0.5) is 0 Å². The van der Waals surface area contributed by atoms with Crippen molar-refractivity contribution in [3.63, 3.8) is 0 Å². The lowest BCUT2D eigenvalue weighted by molar-refractivity contribution is 0.321. The summed E-state index contributed by atoms with van der Waals surface area (Å²) >= 11 is 0. The van der Waals surface area contributed by atoms with E-state index in [9.17, 15) is 4.79 Å². The number of hydrogen-bond acceptors (Lipinski definition) is 2. The highest BCUT2D eigenvalue weighted by Gasteiger charge is 2.19. The molecule has 0 aliphatic carbocycles. The van der Waals surface area contributed by atoms with E-state index in [4.69, 9.17) is 0 Å². The zero-order valence-corrected chi connectivity index (χ0v) is 9.99. The van der Waals surface area contributed by atoms with E-state index < -0.39 is 0 Å². The minimum atomic E-state index is -0.00583. The van der Waals surface area contributed by atoms with Gasteiger partial charge in [0.25, 0.3) is 0 Å². The van der Waals surface area contributed by atoms with Gasteiger partial charge in [0.15, 0.2) is 0 Å². The maximum atomic E-state index is 12.1. The summed E-state index contributed by atoms with van der Waals surface area (Å²) in [4.78, 5) is 15.0. The SMILES string of the molecule is Cc1cccc2c1[nH]c(=O)n2C1CCCCN1. The third kappa shape index (κ3) is 1.69. The first-order valence-electron chi connectivity index (χ1n) is 6.20. The van der Waals surface area contributed by atoms with E-state index in [1.807, 2.05) is 29.7 Å². The average Bonchev–Trinajstić information content (AvgIpc) is 2.68. The predicted octanol–water partition coefficient (Wildman–Crippen LogP) is 1.91. The number of rotatable bonds is 1. The van der Waals surface area contributed by atoms with Crippen LogP contribution in [0.15, 0.2) is 23.0 Å². The number of aromatic amines is 1. The van der Waals surface area contributed by atoms with Crippen LogP contribution >= 0.6 is 0 Å². The van der Waals surface area contributed by atoms with Gasteiger partial charge >= 0.3 is 5.69 Å². The topological polar surface area (TPSA) is 49.8 Å². The lowest BCUT2D eigenvalue weighted by atomic mass is 10.1. The number of benzene rings is 1. The first-order valence-corrected chi connectivity index (χ1v) is 6.20. The number of nitrogens with one attached hydrogen (secondary N) is 2. The Labute approximate surface area is 99.6 Å². The number of imidazole rings is 1. The summed E-state index contributed by atoms with van der Waals surface area (Å²) in [5, 5.41) is 3.42. The molecule has 1 unspecified atom stereocenters. The van der Waals surface area contributed by atoms with Crippen molar-refractivity contribution in [2.45, 2.75) is 32.4 Å². The normalized spacial score (nSPS) is 20.9. The second kappa shape index (κ2) is 4.04. The molecule has 1 aromatic carbocycles. The Morgan fingerprint density at radius 1 is 1.35 bits per heavy atom. The van der Waals surface area contributed by atoms with E-state index in [0.29, 0.717) is 0 Å². The molecular formula is C13H17N3O. The second-order valence-corrected chi connectivity index (χ2v) is 4.73. The van der Waals surface area contributed by atoms with Gasteiger partial charge in [-0.1, -0.05) is 12.1 Å². The van der Waals surface area contributed by atoms with Crippen molar-refractivity contribution >= 4 is 11.0 Å². The first kappa shape index (κ1) is 10.6. The lowest BCUT2D eigenvalue weighted by Crippen LogP contribution is -2.36. The van der Waals surface area contributed by atoms with Gasteiger partial charge in [-0.25, -0.2) is 4.79 Å². The number of aromatic nitrogens is 2. The molecule has 0 spiro atoms. The highest BCUT2D eigenvalue weighted by atomic mass is 16.1. The van der Waals surface area contributed by atoms with E-state index in [1.165, 1.54) is 12.8 Å². The van der Waals surface area contributed by atoms with Crippen molar-refractivity contribution in [1.29, 1.82) is 0 Å². The lowest BCUT2D eigenvalue weighted by Gasteiger charge is -2.24. The number of para-hydroxylation sites is 1. The maximum Gasteiger partial charge on any atom is 0.327 e. The molecule has 1 fully saturated rings. The third-order valence-electron chi connectivity index (χ3n) is 3.56. The molecule has 2 heterocycles. The van der Waals surface area contributed by atoms with Crippen LogP contribution in [-0.2, 0) is 0 Å². The molecule has 17 heavy (non-hydrogen) atoms. The van der Waals surface area contributed by atoms with Crippen LogP contribution in [0.25, 0.3) is 11.0 Å². The molecule has 1 saturated heterocycles. The Bertz CT molecular complexity index is 590. The summed E-state index contributed by atoms with van der Waals surface area (Å²) < 4.78 is 1.86. The summed E-state index contributed by atoms with van der Waals surface area (Å²) in [6.45, 7) is 3.02. The predicted molar refractivity (Wildman–Crippen MR) is 68.2 cm³/mol. The van der Waals surface area contributed by atoms with E-state index in [0.717, 1.165) is 29.6 Å². The molecular weight excluding hydrogens is 214 g/mol. The molecule has 3 rings (SSSR count). The van der Waals surface area contributed by atoms with Gasteiger partial charge in [0.05, 0.1) is 17.2 Å². The van der Waals surface area contributed by atoms with Gasteiger partial charge in [-0.05, 0) is 44.4 Å². The van der Waals surface area contributed by atoms with Crippen LogP contribution in [0.5, 0.6) is 0 Å². The smallest absolute Gasteiger partial charge is 0.305 e. The Kier molecular flexibility index (Phi) is 2.52. The minimum absolute atomic E-state index is 0.00583. The van der Waals surface area contributed by atoms with Crippen molar-refractivity contribution < 1.29 is 0 Å². The first-order chi connectivity index (χ1) is 8.27. The summed E-state index contributed by atoms with van der Waals surface area (Å²) in [6.07, 6.45) is 3.56. The van der Waals surface area contributed by atoms with Crippen LogP contribution in [-0.4, -0.2) is 16.1 Å². The maximum absolute atomic E-state index is 12.1. The van der Waals surface area contributed by atoms with Crippen molar-refractivity contribution in [3.8, 4) is 0 Å². The van der Waals surface area contributed by atoms with Crippen molar-refractivity contribution in [2.75, 3.05) is 6.54 Å². The molecule has 0 bridgehead atoms. The zero-order chi connectivity index (χ0) is 11.8. The molecule has 1 aliphatic heterocycles. The van der Waals surface area contributed by atoms with Crippen molar-refractivity contribution in [1.82, 2.24) is 14.9 Å². The number of hydrogen-bond donors (Lipinski definition) is 2. The third-order valence-corrected chi connectivity index (χ3v) is 3.56. The van der Waals surface area contributed by atoms with Gasteiger partial charge in [-0.15, -0.1) is 0 Å². The van der Waals surface area contributed by atoms with Gasteiger partial charge < -0.3 is 4.98 Å². The molecule has 4 heteroatoms. The summed E-state index contributed by atoms with van der Waals surface area (Å²) in [7, 11) is 0. The van der Waals surface area contributed by atoms with Crippen molar-refractivity contribution in [3.05, 3.63) is 34.2 Å². The Balaban J connectivity index is 2.18. The Hall–Kier alpha value is -1.55. The van der Waals surface area contributed by atoms with E-state index in [2.05, 4.69) is 10.3 Å².